The Morgan fingerprint density at radius 3 is 1.73 bits per heavy atom. The fourth-order valence-corrected chi connectivity index (χ4v) is 2.18. The average Bonchev–Trinajstić information content (AvgIpc) is 2.24. The van der Waals surface area contributed by atoms with Crippen LogP contribution in [0.25, 0.3) is 0 Å². The highest BCUT2D eigenvalue weighted by molar-refractivity contribution is 4.69. The summed E-state index contributed by atoms with van der Waals surface area (Å²) in [5.74, 6) is 1.35. The van der Waals surface area contributed by atoms with Crippen LogP contribution in [0.2, 0.25) is 0 Å². The van der Waals surface area contributed by atoms with E-state index >= 15 is 0 Å². The van der Waals surface area contributed by atoms with E-state index in [0.717, 1.165) is 13.2 Å². The van der Waals surface area contributed by atoms with Gasteiger partial charge >= 0.3 is 0 Å². The maximum Gasteiger partial charge on any atom is 0.0493 e. The second-order valence-electron chi connectivity index (χ2n) is 4.36. The van der Waals surface area contributed by atoms with Crippen molar-refractivity contribution in [1.29, 1.82) is 0 Å². The molecule has 15 heavy (non-hydrogen) atoms. The summed E-state index contributed by atoms with van der Waals surface area (Å²) in [7, 11) is 3.60. The first-order valence-electron chi connectivity index (χ1n) is 6.27. The molecule has 0 spiro atoms. The smallest absolute Gasteiger partial charge is 0.0493 e. The Labute approximate surface area is 95.3 Å². The highest BCUT2D eigenvalue weighted by atomic mass is 16.5. The van der Waals surface area contributed by atoms with Crippen molar-refractivity contribution in [3.8, 4) is 0 Å². The lowest BCUT2D eigenvalue weighted by Gasteiger charge is -2.25. The van der Waals surface area contributed by atoms with Gasteiger partial charge in [0.25, 0.3) is 0 Å². The van der Waals surface area contributed by atoms with Crippen LogP contribution < -0.4 is 0 Å². The van der Waals surface area contributed by atoms with E-state index in [4.69, 9.17) is 9.47 Å². The summed E-state index contributed by atoms with van der Waals surface area (Å²) < 4.78 is 10.6. The van der Waals surface area contributed by atoms with Crippen molar-refractivity contribution < 1.29 is 9.47 Å². The third kappa shape index (κ3) is 6.91. The minimum atomic E-state index is 0.673. The predicted molar refractivity (Wildman–Crippen MR) is 65.2 cm³/mol. The fraction of sp³-hybridized carbons (Fsp3) is 1.00. The fourth-order valence-electron chi connectivity index (χ4n) is 2.18. The lowest BCUT2D eigenvalue weighted by molar-refractivity contribution is 0.0604. The van der Waals surface area contributed by atoms with E-state index in [1.165, 1.54) is 32.1 Å². The van der Waals surface area contributed by atoms with Gasteiger partial charge in [0.1, 0.15) is 0 Å². The summed E-state index contributed by atoms with van der Waals surface area (Å²) in [5, 5.41) is 0. The Hall–Kier alpha value is -0.0800. The van der Waals surface area contributed by atoms with Crippen LogP contribution >= 0.6 is 0 Å². The van der Waals surface area contributed by atoms with Crippen LogP contribution in [0.1, 0.15) is 46.0 Å². The standard InChI is InChI=1S/C13H28O2/c1-5-7-9-13(11-15-4)12(8-6-2)10-14-3/h12-13H,5-11H2,1-4H3. The molecule has 0 bridgehead atoms. The van der Waals surface area contributed by atoms with Crippen LogP contribution in [0.3, 0.4) is 0 Å². The summed E-state index contributed by atoms with van der Waals surface area (Å²) in [6.45, 7) is 6.25. The van der Waals surface area contributed by atoms with E-state index in [1.54, 1.807) is 14.2 Å². The molecule has 0 radical (unpaired) electrons. The average molecular weight is 216 g/mol. The van der Waals surface area contributed by atoms with Crippen molar-refractivity contribution in [2.24, 2.45) is 11.8 Å². The quantitative estimate of drug-likeness (QED) is 0.556. The highest BCUT2D eigenvalue weighted by Gasteiger charge is 2.20. The molecule has 0 aliphatic heterocycles. The zero-order chi connectivity index (χ0) is 11.5. The topological polar surface area (TPSA) is 18.5 Å². The van der Waals surface area contributed by atoms with Crippen molar-refractivity contribution in [3.05, 3.63) is 0 Å². The summed E-state index contributed by atoms with van der Waals surface area (Å²) in [6.07, 6.45) is 6.34. The van der Waals surface area contributed by atoms with Crippen molar-refractivity contribution >= 4 is 0 Å². The largest absolute Gasteiger partial charge is 0.384 e. The molecule has 0 saturated carbocycles. The number of ether oxygens (including phenoxy) is 2. The molecule has 0 fully saturated rings. The first-order valence-corrected chi connectivity index (χ1v) is 6.27. The zero-order valence-electron chi connectivity index (χ0n) is 10.9. The summed E-state index contributed by atoms with van der Waals surface area (Å²) in [5.41, 5.74) is 0. The van der Waals surface area contributed by atoms with E-state index in [0.29, 0.717) is 11.8 Å². The first kappa shape index (κ1) is 14.9. The molecule has 0 N–H and O–H groups in total. The molecule has 0 aromatic rings. The first-order chi connectivity index (χ1) is 7.29. The molecule has 0 amide bonds. The highest BCUT2D eigenvalue weighted by Crippen LogP contribution is 2.23. The van der Waals surface area contributed by atoms with Crippen LogP contribution in [0.5, 0.6) is 0 Å². The Morgan fingerprint density at radius 1 is 0.800 bits per heavy atom. The van der Waals surface area contributed by atoms with Gasteiger partial charge in [0, 0.05) is 27.4 Å². The molecule has 0 saturated heterocycles. The van der Waals surface area contributed by atoms with Gasteiger partial charge in [-0.1, -0.05) is 33.1 Å². The minimum Gasteiger partial charge on any atom is -0.384 e. The van der Waals surface area contributed by atoms with Gasteiger partial charge in [-0.2, -0.15) is 0 Å². The van der Waals surface area contributed by atoms with E-state index in [9.17, 15) is 0 Å². The van der Waals surface area contributed by atoms with Gasteiger partial charge in [-0.15, -0.1) is 0 Å². The van der Waals surface area contributed by atoms with Crippen LogP contribution in [-0.4, -0.2) is 27.4 Å². The molecule has 92 valence electrons. The maximum absolute atomic E-state index is 5.32. The molecule has 0 aromatic carbocycles. The molecule has 2 atom stereocenters. The summed E-state index contributed by atoms with van der Waals surface area (Å²) in [6, 6.07) is 0. The van der Waals surface area contributed by atoms with Gasteiger partial charge in [0.2, 0.25) is 0 Å². The second-order valence-corrected chi connectivity index (χ2v) is 4.36. The van der Waals surface area contributed by atoms with Crippen molar-refractivity contribution in [2.75, 3.05) is 27.4 Å². The number of hydrogen-bond acceptors (Lipinski definition) is 2. The Morgan fingerprint density at radius 2 is 1.33 bits per heavy atom. The number of unbranched alkanes of at least 4 members (excludes halogenated alkanes) is 1. The zero-order valence-corrected chi connectivity index (χ0v) is 10.9. The number of methoxy groups -OCH3 is 2. The van der Waals surface area contributed by atoms with Crippen LogP contribution in [0.4, 0.5) is 0 Å². The molecule has 2 heteroatoms. The maximum atomic E-state index is 5.32. The lowest BCUT2D eigenvalue weighted by Crippen LogP contribution is -2.23. The predicted octanol–water partition coefficient (Wildman–Crippen LogP) is 3.50. The number of hydrogen-bond donors (Lipinski definition) is 0. The van der Waals surface area contributed by atoms with Gasteiger partial charge in [-0.3, -0.25) is 0 Å². The van der Waals surface area contributed by atoms with Crippen LogP contribution in [0, 0.1) is 11.8 Å². The SMILES string of the molecule is CCCCC(COC)C(CCC)COC. The molecule has 2 unspecified atom stereocenters. The number of rotatable bonds is 10. The second kappa shape index (κ2) is 10.4. The van der Waals surface area contributed by atoms with E-state index < -0.39 is 0 Å². The molecular weight excluding hydrogens is 188 g/mol. The van der Waals surface area contributed by atoms with E-state index in [-0.39, 0.29) is 0 Å². The van der Waals surface area contributed by atoms with Gasteiger partial charge in [0.15, 0.2) is 0 Å². The molecule has 0 aromatic heterocycles. The lowest BCUT2D eigenvalue weighted by atomic mass is 9.86. The van der Waals surface area contributed by atoms with E-state index in [1.807, 2.05) is 0 Å². The van der Waals surface area contributed by atoms with E-state index in [2.05, 4.69) is 13.8 Å². The molecule has 2 nitrogen and oxygen atoms in total. The van der Waals surface area contributed by atoms with Crippen molar-refractivity contribution in [3.63, 3.8) is 0 Å². The monoisotopic (exact) mass is 216 g/mol. The molecule has 0 aliphatic rings. The van der Waals surface area contributed by atoms with Gasteiger partial charge in [-0.25, -0.2) is 0 Å². The molecule has 0 rings (SSSR count). The van der Waals surface area contributed by atoms with Gasteiger partial charge in [-0.05, 0) is 24.7 Å². The Kier molecular flexibility index (Phi) is 10.4. The summed E-state index contributed by atoms with van der Waals surface area (Å²) >= 11 is 0. The molecule has 0 heterocycles. The van der Waals surface area contributed by atoms with Crippen LogP contribution in [-0.2, 0) is 9.47 Å². The minimum absolute atomic E-state index is 0.673. The molecule has 0 aliphatic carbocycles. The van der Waals surface area contributed by atoms with Gasteiger partial charge < -0.3 is 9.47 Å². The third-order valence-corrected chi connectivity index (χ3v) is 3.02. The van der Waals surface area contributed by atoms with Crippen molar-refractivity contribution in [2.45, 2.75) is 46.0 Å². The normalized spacial score (nSPS) is 15.2. The third-order valence-electron chi connectivity index (χ3n) is 3.02. The summed E-state index contributed by atoms with van der Waals surface area (Å²) in [4.78, 5) is 0. The Balaban J connectivity index is 4.09. The van der Waals surface area contributed by atoms with Crippen LogP contribution in [0.15, 0.2) is 0 Å². The van der Waals surface area contributed by atoms with Crippen molar-refractivity contribution in [1.82, 2.24) is 0 Å². The molecular formula is C13H28O2. The Bertz CT molecular complexity index is 120. The van der Waals surface area contributed by atoms with Gasteiger partial charge in [0.05, 0.1) is 0 Å².